The van der Waals surface area contributed by atoms with Gasteiger partial charge in [0.25, 0.3) is 11.1 Å². The van der Waals surface area contributed by atoms with Gasteiger partial charge >= 0.3 is 5.97 Å². The van der Waals surface area contributed by atoms with E-state index >= 15 is 0 Å². The Morgan fingerprint density at radius 2 is 1.64 bits per heavy atom. The van der Waals surface area contributed by atoms with Gasteiger partial charge in [-0.3, -0.25) is 19.3 Å². The lowest BCUT2D eigenvalue weighted by molar-refractivity contribution is -0.136. The normalized spacial score (nSPS) is 17.6. The minimum Gasteiger partial charge on any atom is -0.465 e. The molecule has 4 rings (SSSR count). The lowest BCUT2D eigenvalue weighted by Crippen LogP contribution is -2.51. The van der Waals surface area contributed by atoms with Crippen LogP contribution in [0.2, 0.25) is 0 Å². The maximum atomic E-state index is 12.8. The van der Waals surface area contributed by atoms with Gasteiger partial charge in [-0.2, -0.15) is 0 Å². The number of carbonyl (C=O) groups excluding carboxylic acids is 4. The van der Waals surface area contributed by atoms with E-state index in [4.69, 9.17) is 0 Å². The average Bonchev–Trinajstić information content (AvgIpc) is 3.11. The molecular weight excluding hydrogens is 442 g/mol. The van der Waals surface area contributed by atoms with E-state index in [1.54, 1.807) is 35.2 Å². The second-order valence-corrected chi connectivity index (χ2v) is 8.58. The van der Waals surface area contributed by atoms with Crippen molar-refractivity contribution in [2.24, 2.45) is 0 Å². The molecule has 0 aliphatic carbocycles. The molecule has 2 aromatic rings. The fourth-order valence-electron chi connectivity index (χ4n) is 3.71. The summed E-state index contributed by atoms with van der Waals surface area (Å²) >= 11 is 0.806. The molecule has 0 radical (unpaired) electrons. The molecule has 3 amide bonds. The van der Waals surface area contributed by atoms with Crippen molar-refractivity contribution >= 4 is 46.5 Å². The summed E-state index contributed by atoms with van der Waals surface area (Å²) in [5, 5.41) is -0.464. The number of imide groups is 1. The molecule has 0 N–H and O–H groups in total. The van der Waals surface area contributed by atoms with Crippen LogP contribution in [0.1, 0.15) is 15.9 Å². The Labute approximate surface area is 195 Å². The zero-order valence-electron chi connectivity index (χ0n) is 18.1. The molecule has 2 fully saturated rings. The van der Waals surface area contributed by atoms with Crippen molar-refractivity contribution in [1.29, 1.82) is 0 Å². The fourth-order valence-corrected chi connectivity index (χ4v) is 4.55. The zero-order valence-corrected chi connectivity index (χ0v) is 18.9. The van der Waals surface area contributed by atoms with Crippen LogP contribution in [0.5, 0.6) is 0 Å². The first-order chi connectivity index (χ1) is 16.0. The number of methoxy groups -OCH3 is 1. The highest BCUT2D eigenvalue weighted by Crippen LogP contribution is 2.32. The van der Waals surface area contributed by atoms with Crippen LogP contribution in [0.25, 0.3) is 6.08 Å². The molecule has 0 bridgehead atoms. The molecule has 2 heterocycles. The van der Waals surface area contributed by atoms with Gasteiger partial charge in [-0.1, -0.05) is 30.3 Å². The standard InChI is InChI=1S/C24H23N3O5S/c1-32-23(30)18-9-7-17(8-10-18)15-20-22(29)27(24(31)33-20)16-21(28)26-13-11-25(12-14-26)19-5-3-2-4-6-19/h2-10,15H,11-14,16H2,1H3/b20-15+. The second-order valence-electron chi connectivity index (χ2n) is 7.58. The van der Waals surface area contributed by atoms with E-state index in [0.29, 0.717) is 37.3 Å². The molecule has 33 heavy (non-hydrogen) atoms. The van der Waals surface area contributed by atoms with Crippen LogP contribution in [-0.4, -0.2) is 72.7 Å². The molecule has 0 saturated carbocycles. The Morgan fingerprint density at radius 1 is 0.970 bits per heavy atom. The van der Waals surface area contributed by atoms with Gasteiger partial charge in [-0.25, -0.2) is 4.79 Å². The summed E-state index contributed by atoms with van der Waals surface area (Å²) in [7, 11) is 1.30. The van der Waals surface area contributed by atoms with Crippen LogP contribution in [0.3, 0.4) is 0 Å². The molecule has 9 heteroatoms. The van der Waals surface area contributed by atoms with E-state index in [9.17, 15) is 19.2 Å². The van der Waals surface area contributed by atoms with Gasteiger partial charge in [0.15, 0.2) is 0 Å². The minimum absolute atomic E-state index is 0.242. The van der Waals surface area contributed by atoms with E-state index < -0.39 is 17.1 Å². The second kappa shape index (κ2) is 9.91. The molecule has 2 aromatic carbocycles. The third kappa shape index (κ3) is 5.09. The first kappa shape index (κ1) is 22.6. The highest BCUT2D eigenvalue weighted by atomic mass is 32.2. The van der Waals surface area contributed by atoms with Gasteiger partial charge in [-0.05, 0) is 47.7 Å². The summed E-state index contributed by atoms with van der Waals surface area (Å²) in [5.74, 6) is -1.18. The smallest absolute Gasteiger partial charge is 0.337 e. The predicted octanol–water partition coefficient (Wildman–Crippen LogP) is 2.86. The molecule has 0 aromatic heterocycles. The van der Waals surface area contributed by atoms with Crippen LogP contribution in [-0.2, 0) is 14.3 Å². The Bertz CT molecular complexity index is 1090. The van der Waals surface area contributed by atoms with Crippen LogP contribution in [0, 0.1) is 0 Å². The molecule has 0 unspecified atom stereocenters. The molecular formula is C24H23N3O5S. The molecule has 170 valence electrons. The lowest BCUT2D eigenvalue weighted by atomic mass is 10.1. The number of rotatable bonds is 5. The van der Waals surface area contributed by atoms with Crippen molar-refractivity contribution in [1.82, 2.24) is 9.80 Å². The van der Waals surface area contributed by atoms with E-state index in [0.717, 1.165) is 22.3 Å². The van der Waals surface area contributed by atoms with Crippen LogP contribution < -0.4 is 4.90 Å². The van der Waals surface area contributed by atoms with E-state index in [-0.39, 0.29) is 17.4 Å². The highest BCUT2D eigenvalue weighted by Gasteiger charge is 2.37. The monoisotopic (exact) mass is 465 g/mol. The summed E-state index contributed by atoms with van der Waals surface area (Å²) in [6.07, 6.45) is 1.58. The van der Waals surface area contributed by atoms with E-state index in [2.05, 4.69) is 9.64 Å². The highest BCUT2D eigenvalue weighted by molar-refractivity contribution is 8.18. The number of thioether (sulfide) groups is 1. The molecule has 2 aliphatic rings. The Balaban J connectivity index is 1.35. The number of hydrogen-bond acceptors (Lipinski definition) is 7. The number of ether oxygens (including phenoxy) is 1. The van der Waals surface area contributed by atoms with Crippen molar-refractivity contribution in [2.75, 3.05) is 44.7 Å². The minimum atomic E-state index is -0.488. The SMILES string of the molecule is COC(=O)c1ccc(/C=C2/SC(=O)N(CC(=O)N3CCN(c4ccccc4)CC3)C2=O)cc1. The molecule has 0 spiro atoms. The Kier molecular flexibility index (Phi) is 6.79. The van der Waals surface area contributed by atoms with E-state index in [1.165, 1.54) is 7.11 Å². The Hall–Kier alpha value is -3.59. The number of para-hydroxylation sites is 1. The number of hydrogen-bond donors (Lipinski definition) is 0. The number of amides is 3. The first-order valence-corrected chi connectivity index (χ1v) is 11.3. The summed E-state index contributed by atoms with van der Waals surface area (Å²) in [5.41, 5.74) is 2.16. The number of carbonyl (C=O) groups is 4. The molecule has 2 aliphatic heterocycles. The van der Waals surface area contributed by atoms with Crippen molar-refractivity contribution < 1.29 is 23.9 Å². The number of benzene rings is 2. The van der Waals surface area contributed by atoms with Crippen LogP contribution in [0.15, 0.2) is 59.5 Å². The molecule has 2 saturated heterocycles. The van der Waals surface area contributed by atoms with Gasteiger partial charge in [0.2, 0.25) is 5.91 Å². The van der Waals surface area contributed by atoms with Gasteiger partial charge in [0, 0.05) is 31.9 Å². The quantitative estimate of drug-likeness (QED) is 0.496. The summed E-state index contributed by atoms with van der Waals surface area (Å²) in [4.78, 5) is 54.6. The van der Waals surface area contributed by atoms with Crippen molar-refractivity contribution in [3.63, 3.8) is 0 Å². The van der Waals surface area contributed by atoms with Crippen LogP contribution in [0.4, 0.5) is 10.5 Å². The third-order valence-electron chi connectivity index (χ3n) is 5.55. The van der Waals surface area contributed by atoms with Crippen molar-refractivity contribution in [3.8, 4) is 0 Å². The largest absolute Gasteiger partial charge is 0.465 e. The lowest BCUT2D eigenvalue weighted by Gasteiger charge is -2.36. The number of piperazine rings is 1. The van der Waals surface area contributed by atoms with Gasteiger partial charge in [0.05, 0.1) is 17.6 Å². The maximum Gasteiger partial charge on any atom is 0.337 e. The summed E-state index contributed by atoms with van der Waals surface area (Å²) in [6.45, 7) is 2.19. The van der Waals surface area contributed by atoms with Crippen molar-refractivity contribution in [2.45, 2.75) is 0 Å². The number of nitrogens with zero attached hydrogens (tertiary/aromatic N) is 3. The number of anilines is 1. The molecule has 8 nitrogen and oxygen atoms in total. The topological polar surface area (TPSA) is 87.2 Å². The van der Waals surface area contributed by atoms with Gasteiger partial charge in [0.1, 0.15) is 6.54 Å². The predicted molar refractivity (Wildman–Crippen MR) is 126 cm³/mol. The molecule has 0 atom stereocenters. The average molecular weight is 466 g/mol. The maximum absolute atomic E-state index is 12.8. The van der Waals surface area contributed by atoms with E-state index in [1.807, 2.05) is 30.3 Å². The number of esters is 1. The third-order valence-corrected chi connectivity index (χ3v) is 6.46. The van der Waals surface area contributed by atoms with Crippen molar-refractivity contribution in [3.05, 3.63) is 70.6 Å². The first-order valence-electron chi connectivity index (χ1n) is 10.5. The van der Waals surface area contributed by atoms with Gasteiger partial charge in [-0.15, -0.1) is 0 Å². The Morgan fingerprint density at radius 3 is 2.27 bits per heavy atom. The van der Waals surface area contributed by atoms with Crippen LogP contribution >= 0.6 is 11.8 Å². The summed E-state index contributed by atoms with van der Waals surface area (Å²) in [6, 6.07) is 16.5. The summed E-state index contributed by atoms with van der Waals surface area (Å²) < 4.78 is 4.67. The zero-order chi connectivity index (χ0) is 23.4. The fraction of sp³-hybridized carbons (Fsp3) is 0.250. The van der Waals surface area contributed by atoms with Gasteiger partial charge < -0.3 is 14.5 Å².